The summed E-state index contributed by atoms with van der Waals surface area (Å²) in [7, 11) is 0. The van der Waals surface area contributed by atoms with Crippen LogP contribution in [-0.4, -0.2) is 77.9 Å². The third kappa shape index (κ3) is 5.12. The van der Waals surface area contributed by atoms with Crippen LogP contribution in [0.2, 0.25) is 0 Å². The molecule has 1 saturated carbocycles. The van der Waals surface area contributed by atoms with Crippen molar-refractivity contribution in [2.24, 2.45) is 0 Å². The number of hydrogen-bond donors (Lipinski definition) is 2. The molecule has 0 amide bonds. The van der Waals surface area contributed by atoms with Crippen molar-refractivity contribution in [1.82, 2.24) is 15.1 Å². The van der Waals surface area contributed by atoms with Gasteiger partial charge in [-0.05, 0) is 19.8 Å². The van der Waals surface area contributed by atoms with Crippen LogP contribution in [0, 0.1) is 0 Å². The Labute approximate surface area is 122 Å². The van der Waals surface area contributed by atoms with Crippen LogP contribution in [0.3, 0.4) is 0 Å². The van der Waals surface area contributed by atoms with Crippen molar-refractivity contribution < 1.29 is 23.1 Å². The number of alkyl halides is 3. The molecule has 1 unspecified atom stereocenters. The molecule has 0 aromatic heterocycles. The summed E-state index contributed by atoms with van der Waals surface area (Å²) in [4.78, 5) is 14.8. The van der Waals surface area contributed by atoms with E-state index in [0.29, 0.717) is 32.7 Å². The summed E-state index contributed by atoms with van der Waals surface area (Å²) in [6.07, 6.45) is -2.20. The summed E-state index contributed by atoms with van der Waals surface area (Å²) in [6.45, 7) is 2.64. The highest BCUT2D eigenvalue weighted by Crippen LogP contribution is 2.24. The number of hydrogen-bond acceptors (Lipinski definition) is 4. The number of aliphatic carboxylic acids is 1. The SMILES string of the molecule is CC(CN1CCN(CC(F)(F)F)CC1)(NC1CC1)C(=O)O. The number of piperazine rings is 1. The monoisotopic (exact) mass is 309 g/mol. The van der Waals surface area contributed by atoms with Gasteiger partial charge in [-0.1, -0.05) is 0 Å². The van der Waals surface area contributed by atoms with Gasteiger partial charge in [0, 0.05) is 38.8 Å². The van der Waals surface area contributed by atoms with Crippen molar-refractivity contribution in [2.75, 3.05) is 39.3 Å². The first-order chi connectivity index (χ1) is 9.68. The molecule has 1 aliphatic carbocycles. The van der Waals surface area contributed by atoms with Gasteiger partial charge in [-0.2, -0.15) is 13.2 Å². The van der Waals surface area contributed by atoms with Crippen molar-refractivity contribution in [1.29, 1.82) is 0 Å². The first-order valence-corrected chi connectivity index (χ1v) is 7.20. The molecule has 1 saturated heterocycles. The summed E-state index contributed by atoms with van der Waals surface area (Å²) in [6, 6.07) is 0.262. The second-order valence-corrected chi connectivity index (χ2v) is 6.22. The lowest BCUT2D eigenvalue weighted by Crippen LogP contribution is -2.60. The maximum absolute atomic E-state index is 12.3. The van der Waals surface area contributed by atoms with E-state index in [2.05, 4.69) is 5.32 Å². The van der Waals surface area contributed by atoms with E-state index >= 15 is 0 Å². The Bertz CT molecular complexity index is 379. The van der Waals surface area contributed by atoms with Gasteiger partial charge < -0.3 is 5.11 Å². The third-order valence-corrected chi connectivity index (χ3v) is 3.98. The summed E-state index contributed by atoms with van der Waals surface area (Å²) >= 11 is 0. The molecule has 2 fully saturated rings. The predicted octanol–water partition coefficient (Wildman–Crippen LogP) is 0.762. The Hall–Kier alpha value is -0.860. The molecule has 0 radical (unpaired) electrons. The van der Waals surface area contributed by atoms with Crippen LogP contribution in [0.1, 0.15) is 19.8 Å². The van der Waals surface area contributed by atoms with Gasteiger partial charge in [-0.15, -0.1) is 0 Å². The average molecular weight is 309 g/mol. The first kappa shape index (κ1) is 16.5. The number of rotatable bonds is 6. The molecule has 122 valence electrons. The number of carbonyl (C=O) groups is 1. The zero-order valence-corrected chi connectivity index (χ0v) is 12.1. The zero-order valence-electron chi connectivity index (χ0n) is 12.1. The highest BCUT2D eigenvalue weighted by molar-refractivity contribution is 5.78. The minimum atomic E-state index is -4.18. The van der Waals surface area contributed by atoms with E-state index in [9.17, 15) is 23.1 Å². The van der Waals surface area contributed by atoms with Gasteiger partial charge in [0.25, 0.3) is 0 Å². The molecule has 1 heterocycles. The highest BCUT2D eigenvalue weighted by atomic mass is 19.4. The molecule has 5 nitrogen and oxygen atoms in total. The number of halogens is 3. The normalized spacial score (nSPS) is 24.8. The van der Waals surface area contributed by atoms with Crippen LogP contribution in [0.5, 0.6) is 0 Å². The summed E-state index contributed by atoms with van der Waals surface area (Å²) in [5, 5.41) is 12.5. The standard InChI is InChI=1S/C13H22F3N3O2/c1-12(11(20)21,17-10-2-3-10)8-18-4-6-19(7-5-18)9-13(14,15)16/h10,17H,2-9H2,1H3,(H,20,21). The highest BCUT2D eigenvalue weighted by Gasteiger charge is 2.40. The van der Waals surface area contributed by atoms with Crippen LogP contribution < -0.4 is 5.32 Å². The van der Waals surface area contributed by atoms with Crippen molar-refractivity contribution in [3.8, 4) is 0 Å². The molecule has 2 N–H and O–H groups in total. The van der Waals surface area contributed by atoms with E-state index in [1.54, 1.807) is 6.92 Å². The van der Waals surface area contributed by atoms with Crippen LogP contribution in [0.25, 0.3) is 0 Å². The van der Waals surface area contributed by atoms with Crippen molar-refractivity contribution >= 4 is 5.97 Å². The van der Waals surface area contributed by atoms with Gasteiger partial charge in [0.2, 0.25) is 0 Å². The molecule has 1 aliphatic heterocycles. The first-order valence-electron chi connectivity index (χ1n) is 7.20. The summed E-state index contributed by atoms with van der Waals surface area (Å²) < 4.78 is 37.0. The molecular formula is C13H22F3N3O2. The molecule has 1 atom stereocenters. The fourth-order valence-corrected chi connectivity index (χ4v) is 2.66. The van der Waals surface area contributed by atoms with E-state index in [1.807, 2.05) is 4.90 Å². The molecule has 8 heteroatoms. The average Bonchev–Trinajstić information content (AvgIpc) is 3.13. The number of nitrogens with zero attached hydrogens (tertiary/aromatic N) is 2. The maximum Gasteiger partial charge on any atom is 0.401 e. The van der Waals surface area contributed by atoms with Gasteiger partial charge >= 0.3 is 12.1 Å². The Morgan fingerprint density at radius 3 is 2.00 bits per heavy atom. The Balaban J connectivity index is 1.82. The van der Waals surface area contributed by atoms with Gasteiger partial charge in [0.05, 0.1) is 6.54 Å². The Kier molecular flexibility index (Phi) is 4.79. The number of carboxylic acid groups (broad SMARTS) is 1. The second kappa shape index (κ2) is 6.10. The molecule has 2 aliphatic rings. The minimum absolute atomic E-state index is 0.262. The van der Waals surface area contributed by atoms with E-state index in [1.165, 1.54) is 4.90 Å². The van der Waals surface area contributed by atoms with Gasteiger partial charge in [-0.25, -0.2) is 0 Å². The van der Waals surface area contributed by atoms with Crippen LogP contribution in [-0.2, 0) is 4.79 Å². The lowest BCUT2D eigenvalue weighted by Gasteiger charge is -2.39. The van der Waals surface area contributed by atoms with E-state index in [4.69, 9.17) is 0 Å². The van der Waals surface area contributed by atoms with E-state index < -0.39 is 24.2 Å². The number of nitrogens with one attached hydrogen (secondary N) is 1. The zero-order chi connectivity index (χ0) is 15.7. The molecule has 21 heavy (non-hydrogen) atoms. The van der Waals surface area contributed by atoms with Crippen LogP contribution >= 0.6 is 0 Å². The molecule has 0 bridgehead atoms. The van der Waals surface area contributed by atoms with Crippen LogP contribution in [0.15, 0.2) is 0 Å². The lowest BCUT2D eigenvalue weighted by atomic mass is 10.0. The third-order valence-electron chi connectivity index (χ3n) is 3.98. The lowest BCUT2D eigenvalue weighted by molar-refractivity contribution is -0.150. The van der Waals surface area contributed by atoms with E-state index in [-0.39, 0.29) is 6.04 Å². The fourth-order valence-electron chi connectivity index (χ4n) is 2.66. The Morgan fingerprint density at radius 1 is 1.14 bits per heavy atom. The fraction of sp³-hybridized carbons (Fsp3) is 0.923. The molecule has 0 aromatic carbocycles. The van der Waals surface area contributed by atoms with Gasteiger partial charge in [-0.3, -0.25) is 19.9 Å². The summed E-state index contributed by atoms with van der Waals surface area (Å²) in [5.41, 5.74) is -1.03. The van der Waals surface area contributed by atoms with Crippen LogP contribution in [0.4, 0.5) is 13.2 Å². The number of carboxylic acids is 1. The molecular weight excluding hydrogens is 287 g/mol. The Morgan fingerprint density at radius 2 is 1.62 bits per heavy atom. The van der Waals surface area contributed by atoms with Crippen molar-refractivity contribution in [3.63, 3.8) is 0 Å². The predicted molar refractivity (Wildman–Crippen MR) is 71.1 cm³/mol. The largest absolute Gasteiger partial charge is 0.480 e. The van der Waals surface area contributed by atoms with Crippen molar-refractivity contribution in [3.05, 3.63) is 0 Å². The van der Waals surface area contributed by atoms with Gasteiger partial charge in [0.1, 0.15) is 5.54 Å². The van der Waals surface area contributed by atoms with Crippen molar-refractivity contribution in [2.45, 2.75) is 37.5 Å². The second-order valence-electron chi connectivity index (χ2n) is 6.22. The minimum Gasteiger partial charge on any atom is -0.480 e. The maximum atomic E-state index is 12.3. The smallest absolute Gasteiger partial charge is 0.401 e. The topological polar surface area (TPSA) is 55.8 Å². The van der Waals surface area contributed by atoms with E-state index in [0.717, 1.165) is 12.8 Å². The quantitative estimate of drug-likeness (QED) is 0.759. The molecule has 2 rings (SSSR count). The summed E-state index contributed by atoms with van der Waals surface area (Å²) in [5.74, 6) is -0.910. The van der Waals surface area contributed by atoms with Gasteiger partial charge in [0.15, 0.2) is 0 Å². The molecule has 0 spiro atoms. The molecule has 0 aromatic rings.